The van der Waals surface area contributed by atoms with Crippen molar-refractivity contribution >= 4 is 35.2 Å². The highest BCUT2D eigenvalue weighted by molar-refractivity contribution is 6.41. The van der Waals surface area contributed by atoms with E-state index in [4.69, 9.17) is 10.5 Å². The molecular formula is C26H28F4N8O2. The zero-order valence-corrected chi connectivity index (χ0v) is 21.9. The number of aliphatic imine (C=N–C) groups is 3. The Hall–Kier alpha value is -4.72. The number of nitrogens with one attached hydrogen (secondary N) is 3. The number of methoxy groups -OCH3 is 1. The maximum atomic E-state index is 14.7. The van der Waals surface area contributed by atoms with Gasteiger partial charge in [-0.3, -0.25) is 9.79 Å². The number of hydrogen-bond donors (Lipinski definition) is 4. The maximum Gasteiger partial charge on any atom is 0.420 e. The van der Waals surface area contributed by atoms with E-state index < -0.39 is 29.2 Å². The van der Waals surface area contributed by atoms with Gasteiger partial charge in [0, 0.05) is 30.5 Å². The number of carbonyl (C=O) groups excluding carboxylic acids is 1. The summed E-state index contributed by atoms with van der Waals surface area (Å²) >= 11 is 0. The van der Waals surface area contributed by atoms with Gasteiger partial charge in [-0.25, -0.2) is 14.4 Å². The number of guanidine groups is 1. The number of hydrogen-bond acceptors (Lipinski definition) is 9. The Morgan fingerprint density at radius 1 is 1.20 bits per heavy atom. The van der Waals surface area contributed by atoms with Crippen LogP contribution in [0.15, 0.2) is 75.7 Å². The largest absolute Gasteiger partial charge is 0.496 e. The number of allylic oxidation sites excluding steroid dienone is 1. The van der Waals surface area contributed by atoms with Crippen LogP contribution in [-0.4, -0.2) is 63.0 Å². The summed E-state index contributed by atoms with van der Waals surface area (Å²) in [6.45, 7) is 4.81. The zero-order chi connectivity index (χ0) is 29.4. The van der Waals surface area contributed by atoms with Crippen LogP contribution in [0.5, 0.6) is 5.75 Å². The fourth-order valence-corrected chi connectivity index (χ4v) is 3.42. The van der Waals surface area contributed by atoms with Crippen molar-refractivity contribution in [2.75, 3.05) is 44.9 Å². The van der Waals surface area contributed by atoms with Crippen molar-refractivity contribution < 1.29 is 27.1 Å². The second-order valence-corrected chi connectivity index (χ2v) is 8.57. The molecule has 2 aromatic rings. The summed E-state index contributed by atoms with van der Waals surface area (Å²) in [5, 5.41) is 8.11. The summed E-state index contributed by atoms with van der Waals surface area (Å²) in [7, 11) is 4.93. The van der Waals surface area contributed by atoms with E-state index in [0.29, 0.717) is 13.1 Å². The summed E-state index contributed by atoms with van der Waals surface area (Å²) in [4.78, 5) is 27.4. The number of ether oxygens (including phenoxy) is 1. The van der Waals surface area contributed by atoms with Crippen LogP contribution in [-0.2, 0) is 6.18 Å². The molecule has 0 fully saturated rings. The minimum absolute atomic E-state index is 0.0502. The normalized spacial score (nSPS) is 15.5. The quantitative estimate of drug-likeness (QED) is 0.345. The van der Waals surface area contributed by atoms with Gasteiger partial charge in [0.05, 0.1) is 24.6 Å². The minimum atomic E-state index is -4.70. The first kappa shape index (κ1) is 29.8. The summed E-state index contributed by atoms with van der Waals surface area (Å²) in [6.07, 6.45) is -2.02. The Morgan fingerprint density at radius 3 is 2.60 bits per heavy atom. The molecule has 212 valence electrons. The second-order valence-electron chi connectivity index (χ2n) is 8.57. The fraction of sp³-hybridized carbons (Fsp3) is 0.231. The van der Waals surface area contributed by atoms with Crippen LogP contribution in [0.25, 0.3) is 0 Å². The summed E-state index contributed by atoms with van der Waals surface area (Å²) < 4.78 is 59.5. The number of halogens is 4. The lowest BCUT2D eigenvalue weighted by molar-refractivity contribution is -0.138. The van der Waals surface area contributed by atoms with Crippen molar-refractivity contribution in [3.05, 3.63) is 77.6 Å². The molecule has 0 saturated heterocycles. The van der Waals surface area contributed by atoms with E-state index in [-0.39, 0.29) is 40.1 Å². The van der Waals surface area contributed by atoms with Crippen molar-refractivity contribution in [2.24, 2.45) is 20.7 Å². The molecule has 1 aliphatic heterocycles. The van der Waals surface area contributed by atoms with Gasteiger partial charge in [-0.2, -0.15) is 13.2 Å². The molecule has 0 radical (unpaired) electrons. The third kappa shape index (κ3) is 7.66. The third-order valence-corrected chi connectivity index (χ3v) is 5.36. The van der Waals surface area contributed by atoms with Crippen molar-refractivity contribution in [3.63, 3.8) is 0 Å². The molecule has 5 N–H and O–H groups in total. The van der Waals surface area contributed by atoms with Crippen LogP contribution in [0.2, 0.25) is 0 Å². The monoisotopic (exact) mass is 560 g/mol. The highest BCUT2D eigenvalue weighted by Crippen LogP contribution is 2.37. The van der Waals surface area contributed by atoms with Crippen LogP contribution in [0, 0.1) is 5.82 Å². The predicted molar refractivity (Wildman–Crippen MR) is 147 cm³/mol. The number of alkyl halides is 3. The molecule has 0 bridgehead atoms. The molecule has 14 heteroatoms. The molecule has 3 rings (SSSR count). The molecule has 0 saturated carbocycles. The van der Waals surface area contributed by atoms with Crippen molar-refractivity contribution in [3.8, 4) is 5.75 Å². The Labute approximate surface area is 228 Å². The van der Waals surface area contributed by atoms with Crippen molar-refractivity contribution in [2.45, 2.75) is 6.18 Å². The van der Waals surface area contributed by atoms with Crippen LogP contribution in [0.4, 0.5) is 28.9 Å². The molecule has 0 aromatic heterocycles. The van der Waals surface area contributed by atoms with Crippen LogP contribution < -0.4 is 26.4 Å². The van der Waals surface area contributed by atoms with Gasteiger partial charge in [-0.15, -0.1) is 0 Å². The molecule has 0 unspecified atom stereocenters. The number of rotatable bonds is 9. The van der Waals surface area contributed by atoms with Gasteiger partial charge in [0.25, 0.3) is 5.91 Å². The number of nitrogens with zero attached hydrogens (tertiary/aromatic N) is 4. The van der Waals surface area contributed by atoms with E-state index in [9.17, 15) is 22.4 Å². The van der Waals surface area contributed by atoms with E-state index in [2.05, 4.69) is 37.5 Å². The van der Waals surface area contributed by atoms with Gasteiger partial charge in [0.1, 0.15) is 28.8 Å². The molecule has 40 heavy (non-hydrogen) atoms. The number of nitrogens with two attached hydrogens (primary N) is 1. The molecule has 1 aliphatic rings. The second kappa shape index (κ2) is 12.9. The molecule has 0 atom stereocenters. The van der Waals surface area contributed by atoms with Gasteiger partial charge >= 0.3 is 6.18 Å². The summed E-state index contributed by atoms with van der Waals surface area (Å²) in [5.74, 6) is -1.76. The zero-order valence-electron chi connectivity index (χ0n) is 21.9. The molecule has 10 nitrogen and oxygen atoms in total. The van der Waals surface area contributed by atoms with Gasteiger partial charge in [-0.05, 0) is 50.5 Å². The fourth-order valence-electron chi connectivity index (χ4n) is 3.42. The maximum absolute atomic E-state index is 14.7. The Balaban J connectivity index is 1.86. The molecule has 1 heterocycles. The Morgan fingerprint density at radius 2 is 1.95 bits per heavy atom. The SMILES string of the molecule is C=C/N=C1/C=NC(NCCN(C)C)=N/C1=C(/N)Nc1cc(C(=O)Nc2ccc(OC)c(C(F)(F)F)c2)ccc1F. The molecule has 0 aliphatic carbocycles. The third-order valence-electron chi connectivity index (χ3n) is 5.36. The summed E-state index contributed by atoms with van der Waals surface area (Å²) in [5.41, 5.74) is 5.19. The van der Waals surface area contributed by atoms with E-state index >= 15 is 0 Å². The van der Waals surface area contributed by atoms with E-state index in [1.807, 2.05) is 19.0 Å². The van der Waals surface area contributed by atoms with Crippen molar-refractivity contribution in [1.82, 2.24) is 10.2 Å². The number of likely N-dealkylation sites (N-methyl/N-ethyl adjacent to an activating group) is 1. The van der Waals surface area contributed by atoms with Crippen molar-refractivity contribution in [1.29, 1.82) is 0 Å². The minimum Gasteiger partial charge on any atom is -0.496 e. The van der Waals surface area contributed by atoms with Crippen LogP contribution >= 0.6 is 0 Å². The Bertz CT molecular complexity index is 1400. The lowest BCUT2D eigenvalue weighted by Gasteiger charge is -2.17. The van der Waals surface area contributed by atoms with Crippen LogP contribution in [0.1, 0.15) is 15.9 Å². The van der Waals surface area contributed by atoms with Gasteiger partial charge < -0.3 is 31.3 Å². The number of carbonyl (C=O) groups is 1. The van der Waals surface area contributed by atoms with Gasteiger partial charge in [0.15, 0.2) is 0 Å². The molecule has 2 aromatic carbocycles. The molecular weight excluding hydrogens is 532 g/mol. The smallest absolute Gasteiger partial charge is 0.420 e. The number of anilines is 2. The Kier molecular flexibility index (Phi) is 9.61. The number of amides is 1. The number of benzene rings is 2. The highest BCUT2D eigenvalue weighted by atomic mass is 19.4. The standard InChI is InChI=1S/C26H28F4N8O2/c1-5-32-20-14-34-25(33-10-11-38(2)3)37-22(20)23(31)36-19-12-15(6-8-18(19)27)24(39)35-16-7-9-21(40-4)17(13-16)26(28,29)30/h5-9,12-14,36H,1,10-11,31H2,2-4H3,(H,33,37)(H,35,39)/b23-22-,32-20-. The first-order valence-corrected chi connectivity index (χ1v) is 11.8. The van der Waals surface area contributed by atoms with E-state index in [1.54, 1.807) is 0 Å². The van der Waals surface area contributed by atoms with Gasteiger partial charge in [0.2, 0.25) is 5.96 Å². The average Bonchev–Trinajstić information content (AvgIpc) is 2.90. The lowest BCUT2D eigenvalue weighted by Crippen LogP contribution is -2.33. The van der Waals surface area contributed by atoms with Gasteiger partial charge in [-0.1, -0.05) is 6.58 Å². The predicted octanol–water partition coefficient (Wildman–Crippen LogP) is 3.82. The first-order valence-electron chi connectivity index (χ1n) is 11.8. The lowest BCUT2D eigenvalue weighted by atomic mass is 10.1. The first-order chi connectivity index (χ1) is 18.9. The molecule has 1 amide bonds. The van der Waals surface area contributed by atoms with E-state index in [0.717, 1.165) is 31.4 Å². The highest BCUT2D eigenvalue weighted by Gasteiger charge is 2.34. The summed E-state index contributed by atoms with van der Waals surface area (Å²) in [6, 6.07) is 6.44. The van der Waals surface area contributed by atoms with E-state index in [1.165, 1.54) is 24.5 Å². The molecule has 0 spiro atoms. The average molecular weight is 561 g/mol. The van der Waals surface area contributed by atoms with Crippen LogP contribution in [0.3, 0.4) is 0 Å². The topological polar surface area (TPSA) is 129 Å².